The van der Waals surface area contributed by atoms with Gasteiger partial charge < -0.3 is 4.42 Å². The highest BCUT2D eigenvalue weighted by atomic mass is 32.2. The van der Waals surface area contributed by atoms with E-state index in [0.717, 1.165) is 0 Å². The number of furan rings is 1. The van der Waals surface area contributed by atoms with E-state index < -0.39 is 0 Å². The van der Waals surface area contributed by atoms with E-state index in [-0.39, 0.29) is 22.9 Å². The number of hydrogen-bond donors (Lipinski definition) is 0. The van der Waals surface area contributed by atoms with Gasteiger partial charge in [-0.3, -0.25) is 9.59 Å². The van der Waals surface area contributed by atoms with Gasteiger partial charge in [-0.15, -0.1) is 0 Å². The van der Waals surface area contributed by atoms with E-state index in [4.69, 9.17) is 4.42 Å². The van der Waals surface area contributed by atoms with Crippen molar-refractivity contribution < 1.29 is 14.0 Å². The van der Waals surface area contributed by atoms with Crippen molar-refractivity contribution in [2.75, 3.05) is 0 Å². The van der Waals surface area contributed by atoms with Gasteiger partial charge in [0.05, 0.1) is 16.1 Å². The maximum atomic E-state index is 12.0. The van der Waals surface area contributed by atoms with Crippen molar-refractivity contribution in [2.45, 2.75) is 6.92 Å². The van der Waals surface area contributed by atoms with Crippen LogP contribution in [0.25, 0.3) is 0 Å². The monoisotopic (exact) mass is 252 g/mol. The van der Waals surface area contributed by atoms with E-state index in [1.54, 1.807) is 12.1 Å². The van der Waals surface area contributed by atoms with Crippen LogP contribution >= 0.6 is 23.5 Å². The third-order valence-electron chi connectivity index (χ3n) is 1.93. The summed E-state index contributed by atoms with van der Waals surface area (Å²) >= 11 is 2.77. The molecule has 1 aliphatic heterocycles. The first kappa shape index (κ1) is 11.3. The van der Waals surface area contributed by atoms with Crippen LogP contribution in [0.2, 0.25) is 0 Å². The highest BCUT2D eigenvalue weighted by Crippen LogP contribution is 2.40. The number of Topliss-reactive ketones (excluding diaryl/α,β-unsaturated/α-hetero) is 2. The van der Waals surface area contributed by atoms with Crippen LogP contribution in [0.15, 0.2) is 43.4 Å². The minimum Gasteiger partial charge on any atom is -0.461 e. The number of carbonyl (C=O) groups is 2. The van der Waals surface area contributed by atoms with E-state index in [2.05, 4.69) is 0 Å². The molecule has 0 aliphatic carbocycles. The SMILES string of the molecule is CC(=O)C(C(=O)c1ccco1)=C1SC=CS1. The van der Waals surface area contributed by atoms with E-state index >= 15 is 0 Å². The molecule has 1 aromatic heterocycles. The Labute approximate surface area is 101 Å². The maximum Gasteiger partial charge on any atom is 0.233 e. The third-order valence-corrected chi connectivity index (χ3v) is 4.06. The van der Waals surface area contributed by atoms with Crippen LogP contribution in [0.3, 0.4) is 0 Å². The first-order valence-corrected chi connectivity index (χ1v) is 6.28. The Morgan fingerprint density at radius 2 is 1.94 bits per heavy atom. The van der Waals surface area contributed by atoms with Crippen LogP contribution < -0.4 is 0 Å². The fourth-order valence-corrected chi connectivity index (χ4v) is 3.21. The number of ketones is 2. The Balaban J connectivity index is 2.38. The van der Waals surface area contributed by atoms with Crippen LogP contribution in [0.4, 0.5) is 0 Å². The summed E-state index contributed by atoms with van der Waals surface area (Å²) in [6.45, 7) is 1.39. The quantitative estimate of drug-likeness (QED) is 0.358. The van der Waals surface area contributed by atoms with Crippen molar-refractivity contribution in [3.8, 4) is 0 Å². The van der Waals surface area contributed by atoms with Crippen molar-refractivity contribution >= 4 is 35.1 Å². The number of carbonyl (C=O) groups excluding carboxylic acids is 2. The van der Waals surface area contributed by atoms with Crippen LogP contribution in [-0.2, 0) is 4.79 Å². The van der Waals surface area contributed by atoms with Gasteiger partial charge in [0.25, 0.3) is 0 Å². The van der Waals surface area contributed by atoms with Crippen LogP contribution in [0, 0.1) is 0 Å². The Hall–Kier alpha value is -1.20. The van der Waals surface area contributed by atoms with Crippen LogP contribution in [-0.4, -0.2) is 11.6 Å². The molecule has 0 unspecified atom stereocenters. The lowest BCUT2D eigenvalue weighted by Crippen LogP contribution is -2.11. The van der Waals surface area contributed by atoms with Gasteiger partial charge in [-0.25, -0.2) is 0 Å². The first-order valence-electron chi connectivity index (χ1n) is 4.52. The summed E-state index contributed by atoms with van der Waals surface area (Å²) in [4.78, 5) is 23.5. The summed E-state index contributed by atoms with van der Waals surface area (Å²) in [5.41, 5.74) is 0.204. The third kappa shape index (κ3) is 2.15. The van der Waals surface area contributed by atoms with Gasteiger partial charge in [0.15, 0.2) is 11.5 Å². The average molecular weight is 252 g/mol. The lowest BCUT2D eigenvalue weighted by molar-refractivity contribution is -0.113. The molecule has 0 saturated heterocycles. The highest BCUT2D eigenvalue weighted by molar-refractivity contribution is 8.27. The average Bonchev–Trinajstić information content (AvgIpc) is 2.89. The minimum atomic E-state index is -0.351. The summed E-state index contributed by atoms with van der Waals surface area (Å²) in [5.74, 6) is -0.387. The zero-order valence-electron chi connectivity index (χ0n) is 8.43. The molecule has 0 N–H and O–H groups in total. The Morgan fingerprint density at radius 3 is 2.44 bits per heavy atom. The summed E-state index contributed by atoms with van der Waals surface area (Å²) in [5, 5.41) is 3.69. The predicted molar refractivity (Wildman–Crippen MR) is 65.1 cm³/mol. The summed E-state index contributed by atoms with van der Waals surface area (Å²) in [6.07, 6.45) is 1.42. The molecule has 1 aliphatic rings. The molecule has 3 nitrogen and oxygen atoms in total. The zero-order chi connectivity index (χ0) is 11.5. The number of thioether (sulfide) groups is 2. The fourth-order valence-electron chi connectivity index (χ4n) is 1.25. The lowest BCUT2D eigenvalue weighted by atomic mass is 10.1. The number of hydrogen-bond acceptors (Lipinski definition) is 5. The number of allylic oxidation sites excluding steroid dienone is 1. The number of rotatable bonds is 3. The molecule has 0 atom stereocenters. The Kier molecular flexibility index (Phi) is 3.36. The molecule has 1 aromatic rings. The molecule has 0 fully saturated rings. The van der Waals surface area contributed by atoms with E-state index in [0.29, 0.717) is 4.24 Å². The molecule has 82 valence electrons. The molecule has 16 heavy (non-hydrogen) atoms. The second-order valence-electron chi connectivity index (χ2n) is 3.03. The smallest absolute Gasteiger partial charge is 0.233 e. The maximum absolute atomic E-state index is 12.0. The first-order chi connectivity index (χ1) is 7.70. The van der Waals surface area contributed by atoms with Gasteiger partial charge in [0.1, 0.15) is 0 Å². The molecule has 0 aromatic carbocycles. The van der Waals surface area contributed by atoms with E-state index in [1.807, 2.05) is 10.8 Å². The van der Waals surface area contributed by atoms with Gasteiger partial charge in [-0.05, 0) is 29.9 Å². The summed E-state index contributed by atoms with van der Waals surface area (Å²) < 4.78 is 5.73. The molecule has 0 radical (unpaired) electrons. The van der Waals surface area contributed by atoms with Gasteiger partial charge >= 0.3 is 0 Å². The van der Waals surface area contributed by atoms with Crippen LogP contribution in [0.5, 0.6) is 0 Å². The molecular weight excluding hydrogens is 244 g/mol. The van der Waals surface area contributed by atoms with Crippen molar-refractivity contribution in [1.82, 2.24) is 0 Å². The van der Waals surface area contributed by atoms with Crippen LogP contribution in [0.1, 0.15) is 17.5 Å². The molecule has 0 bridgehead atoms. The normalized spacial score (nSPS) is 14.2. The van der Waals surface area contributed by atoms with E-state index in [9.17, 15) is 9.59 Å². The second-order valence-corrected chi connectivity index (χ2v) is 5.12. The summed E-state index contributed by atoms with van der Waals surface area (Å²) in [6, 6.07) is 3.19. The van der Waals surface area contributed by atoms with Crippen molar-refractivity contribution in [3.63, 3.8) is 0 Å². The van der Waals surface area contributed by atoms with Gasteiger partial charge in [-0.1, -0.05) is 23.5 Å². The molecule has 2 rings (SSSR count). The zero-order valence-corrected chi connectivity index (χ0v) is 10.1. The second kappa shape index (κ2) is 4.76. The van der Waals surface area contributed by atoms with Crippen molar-refractivity contribution in [3.05, 3.63) is 44.8 Å². The molecular formula is C11H8O3S2. The molecule has 0 amide bonds. The molecule has 5 heteroatoms. The Bertz CT molecular complexity index is 473. The van der Waals surface area contributed by atoms with Crippen molar-refractivity contribution in [1.29, 1.82) is 0 Å². The topological polar surface area (TPSA) is 47.3 Å². The van der Waals surface area contributed by atoms with Gasteiger partial charge in [0.2, 0.25) is 5.78 Å². The molecule has 0 saturated carbocycles. The van der Waals surface area contributed by atoms with Gasteiger partial charge in [-0.2, -0.15) is 0 Å². The fraction of sp³-hybridized carbons (Fsp3) is 0.0909. The lowest BCUT2D eigenvalue weighted by Gasteiger charge is -2.03. The Morgan fingerprint density at radius 1 is 1.25 bits per heavy atom. The predicted octanol–water partition coefficient (Wildman–Crippen LogP) is 3.21. The molecule has 0 spiro atoms. The minimum absolute atomic E-state index is 0.200. The standard InChI is InChI=1S/C11H8O3S2/c1-7(12)9(11-15-5-6-16-11)10(13)8-3-2-4-14-8/h2-6H,1H3. The largest absolute Gasteiger partial charge is 0.461 e. The van der Waals surface area contributed by atoms with E-state index in [1.165, 1.54) is 36.7 Å². The van der Waals surface area contributed by atoms with Gasteiger partial charge in [0, 0.05) is 0 Å². The highest BCUT2D eigenvalue weighted by Gasteiger charge is 2.24. The van der Waals surface area contributed by atoms with Crippen molar-refractivity contribution in [2.24, 2.45) is 0 Å². The molecule has 2 heterocycles. The summed E-state index contributed by atoms with van der Waals surface area (Å²) in [7, 11) is 0.